The Morgan fingerprint density at radius 1 is 0.923 bits per heavy atom. The fourth-order valence-corrected chi connectivity index (χ4v) is 5.01. The van der Waals surface area contributed by atoms with Crippen molar-refractivity contribution in [2.24, 2.45) is 0 Å². The van der Waals surface area contributed by atoms with Crippen molar-refractivity contribution >= 4 is 5.97 Å². The van der Waals surface area contributed by atoms with E-state index in [0.29, 0.717) is 32.8 Å². The molecule has 1 aliphatic heterocycles. The van der Waals surface area contributed by atoms with Gasteiger partial charge in [0.05, 0.1) is 17.0 Å². The average molecular weight is 526 g/mol. The number of aromatic nitrogens is 2. The lowest BCUT2D eigenvalue weighted by atomic mass is 10.1. The summed E-state index contributed by atoms with van der Waals surface area (Å²) in [4.78, 5) is 18.8. The number of hydrogen-bond acceptors (Lipinski definition) is 5. The maximum atomic E-state index is 11.4. The van der Waals surface area contributed by atoms with E-state index in [1.165, 1.54) is 5.69 Å². The van der Waals surface area contributed by atoms with Gasteiger partial charge in [0.1, 0.15) is 19.0 Å². The first kappa shape index (κ1) is 26.5. The van der Waals surface area contributed by atoms with Crippen LogP contribution in [-0.2, 0) is 26.2 Å². The van der Waals surface area contributed by atoms with E-state index in [-0.39, 0.29) is 5.56 Å². The van der Waals surface area contributed by atoms with Gasteiger partial charge in [0.25, 0.3) is 0 Å². The Kier molecular flexibility index (Phi) is 8.27. The number of nitrogens with zero attached hydrogens (tertiary/aromatic N) is 3. The Morgan fingerprint density at radius 2 is 1.62 bits per heavy atom. The van der Waals surface area contributed by atoms with Crippen LogP contribution in [0.3, 0.4) is 0 Å². The second kappa shape index (κ2) is 12.2. The zero-order valence-electron chi connectivity index (χ0n) is 22.6. The molecule has 0 radical (unpaired) electrons. The topological polar surface area (TPSA) is 76.8 Å². The minimum Gasteiger partial charge on any atom is -0.486 e. The molecule has 202 valence electrons. The molecule has 0 aliphatic carbocycles. The Labute approximate surface area is 229 Å². The Hall–Kier alpha value is -4.10. The average Bonchev–Trinajstić information content (AvgIpc) is 3.27. The van der Waals surface area contributed by atoms with Crippen LogP contribution in [0.1, 0.15) is 52.6 Å². The molecule has 0 saturated heterocycles. The molecule has 0 amide bonds. The number of carboxylic acid groups (broad SMARTS) is 1. The summed E-state index contributed by atoms with van der Waals surface area (Å²) in [5, 5.41) is 9.33. The fraction of sp³-hybridized carbons (Fsp3) is 0.312. The molecule has 1 aromatic heterocycles. The van der Waals surface area contributed by atoms with Gasteiger partial charge in [-0.2, -0.15) is 0 Å². The molecule has 0 bridgehead atoms. The molecule has 7 heteroatoms. The summed E-state index contributed by atoms with van der Waals surface area (Å²) in [6, 6.07) is 23.6. The summed E-state index contributed by atoms with van der Waals surface area (Å²) < 4.78 is 13.9. The van der Waals surface area contributed by atoms with Gasteiger partial charge in [-0.1, -0.05) is 61.9 Å². The van der Waals surface area contributed by atoms with E-state index >= 15 is 0 Å². The smallest absolute Gasteiger partial charge is 0.335 e. The predicted molar refractivity (Wildman–Crippen MR) is 151 cm³/mol. The molecule has 4 aromatic rings. The van der Waals surface area contributed by atoms with E-state index in [0.717, 1.165) is 59.1 Å². The summed E-state index contributed by atoms with van der Waals surface area (Å²) in [7, 11) is 0. The first-order chi connectivity index (χ1) is 19.0. The van der Waals surface area contributed by atoms with Gasteiger partial charge >= 0.3 is 5.97 Å². The molecular formula is C32H35N3O4. The van der Waals surface area contributed by atoms with Gasteiger partial charge in [0, 0.05) is 31.7 Å². The lowest BCUT2D eigenvalue weighted by molar-refractivity contribution is 0.0697. The molecule has 1 aliphatic rings. The molecule has 5 rings (SSSR count). The lowest BCUT2D eigenvalue weighted by Crippen LogP contribution is -2.25. The van der Waals surface area contributed by atoms with Crippen molar-refractivity contribution < 1.29 is 19.4 Å². The zero-order valence-corrected chi connectivity index (χ0v) is 22.6. The van der Waals surface area contributed by atoms with Crippen LogP contribution in [0.4, 0.5) is 0 Å². The number of aryl methyl sites for hydroxylation is 1. The van der Waals surface area contributed by atoms with Gasteiger partial charge in [-0.25, -0.2) is 9.78 Å². The lowest BCUT2D eigenvalue weighted by Gasteiger charge is -2.25. The number of benzene rings is 3. The molecule has 0 spiro atoms. The quantitative estimate of drug-likeness (QED) is 0.247. The molecule has 7 nitrogen and oxygen atoms in total. The van der Waals surface area contributed by atoms with Gasteiger partial charge in [-0.05, 0) is 48.7 Å². The maximum Gasteiger partial charge on any atom is 0.335 e. The molecule has 0 saturated carbocycles. The van der Waals surface area contributed by atoms with Crippen LogP contribution >= 0.6 is 0 Å². The van der Waals surface area contributed by atoms with Crippen LogP contribution in [-0.4, -0.2) is 38.7 Å². The minimum absolute atomic E-state index is 0.290. The number of carbonyl (C=O) groups is 1. The van der Waals surface area contributed by atoms with Crippen LogP contribution < -0.4 is 9.47 Å². The van der Waals surface area contributed by atoms with Crippen LogP contribution in [0.15, 0.2) is 72.8 Å². The number of rotatable bonds is 11. The van der Waals surface area contributed by atoms with Gasteiger partial charge in [-0.3, -0.25) is 4.90 Å². The van der Waals surface area contributed by atoms with Crippen molar-refractivity contribution in [2.75, 3.05) is 13.2 Å². The van der Waals surface area contributed by atoms with Crippen molar-refractivity contribution in [3.8, 4) is 22.9 Å². The summed E-state index contributed by atoms with van der Waals surface area (Å²) in [5.41, 5.74) is 5.81. The normalized spacial score (nSPS) is 12.6. The number of unbranched alkanes of at least 4 members (excludes halogenated alkanes) is 1. The number of ether oxygens (including phenoxy) is 2. The van der Waals surface area contributed by atoms with Crippen LogP contribution in [0.25, 0.3) is 11.4 Å². The van der Waals surface area contributed by atoms with E-state index in [1.54, 1.807) is 12.1 Å². The third kappa shape index (κ3) is 6.32. The first-order valence-corrected chi connectivity index (χ1v) is 13.6. The van der Waals surface area contributed by atoms with Gasteiger partial charge in [-0.15, -0.1) is 0 Å². The third-order valence-corrected chi connectivity index (χ3v) is 7.03. The summed E-state index contributed by atoms with van der Waals surface area (Å²) in [6.07, 6.45) is 2.17. The van der Waals surface area contributed by atoms with Gasteiger partial charge in [0.15, 0.2) is 11.5 Å². The number of imidazole rings is 1. The van der Waals surface area contributed by atoms with Crippen molar-refractivity contribution in [2.45, 2.75) is 52.9 Å². The predicted octanol–water partition coefficient (Wildman–Crippen LogP) is 6.33. The van der Waals surface area contributed by atoms with E-state index in [9.17, 15) is 9.90 Å². The summed E-state index contributed by atoms with van der Waals surface area (Å²) >= 11 is 0. The Balaban J connectivity index is 1.48. The third-order valence-electron chi connectivity index (χ3n) is 7.03. The highest BCUT2D eigenvalue weighted by molar-refractivity contribution is 5.87. The van der Waals surface area contributed by atoms with Crippen LogP contribution in [0.2, 0.25) is 0 Å². The summed E-state index contributed by atoms with van der Waals surface area (Å²) in [6.45, 7) is 8.37. The molecule has 2 heterocycles. The van der Waals surface area contributed by atoms with E-state index in [2.05, 4.69) is 59.7 Å². The highest BCUT2D eigenvalue weighted by Crippen LogP contribution is 2.32. The van der Waals surface area contributed by atoms with Crippen LogP contribution in [0, 0.1) is 6.92 Å². The second-order valence-corrected chi connectivity index (χ2v) is 9.96. The van der Waals surface area contributed by atoms with Gasteiger partial charge in [0.2, 0.25) is 0 Å². The molecule has 39 heavy (non-hydrogen) atoms. The SMILES string of the molecule is CCCCn1c(-c2ccccc2)nc(C)c1CN(Cc1ccc(C(=O)O)cc1)Cc1ccc2c(c1)OCCO2. The number of aromatic carboxylic acids is 1. The van der Waals surface area contributed by atoms with E-state index < -0.39 is 5.97 Å². The zero-order chi connectivity index (χ0) is 27.2. The van der Waals surface area contributed by atoms with Crippen molar-refractivity contribution in [1.82, 2.24) is 14.5 Å². The Bertz CT molecular complexity index is 1410. The highest BCUT2D eigenvalue weighted by atomic mass is 16.6. The highest BCUT2D eigenvalue weighted by Gasteiger charge is 2.20. The first-order valence-electron chi connectivity index (χ1n) is 13.6. The van der Waals surface area contributed by atoms with Crippen molar-refractivity contribution in [3.63, 3.8) is 0 Å². The maximum absolute atomic E-state index is 11.4. The van der Waals surface area contributed by atoms with Crippen molar-refractivity contribution in [3.05, 3.63) is 101 Å². The fourth-order valence-electron chi connectivity index (χ4n) is 5.01. The van der Waals surface area contributed by atoms with E-state index in [1.807, 2.05) is 24.3 Å². The monoisotopic (exact) mass is 525 g/mol. The molecular weight excluding hydrogens is 490 g/mol. The molecule has 1 N–H and O–H groups in total. The van der Waals surface area contributed by atoms with E-state index in [4.69, 9.17) is 14.5 Å². The Morgan fingerprint density at radius 3 is 2.33 bits per heavy atom. The number of carboxylic acids is 1. The van der Waals surface area contributed by atoms with Crippen molar-refractivity contribution in [1.29, 1.82) is 0 Å². The minimum atomic E-state index is -0.918. The number of hydrogen-bond donors (Lipinski definition) is 1. The molecule has 0 atom stereocenters. The molecule has 0 fully saturated rings. The number of fused-ring (bicyclic) bond motifs is 1. The second-order valence-electron chi connectivity index (χ2n) is 9.96. The van der Waals surface area contributed by atoms with Gasteiger partial charge < -0.3 is 19.1 Å². The van der Waals surface area contributed by atoms with Crippen LogP contribution in [0.5, 0.6) is 11.5 Å². The largest absolute Gasteiger partial charge is 0.486 e. The molecule has 0 unspecified atom stereocenters. The molecule has 3 aromatic carbocycles. The standard InChI is InChI=1S/C32H35N3O4/c1-3-4-16-35-28(23(2)33-31(35)26-8-6-5-7-9-26)22-34(20-24-10-13-27(14-11-24)32(36)37)21-25-12-15-29-30(19-25)39-18-17-38-29/h5-15,19H,3-4,16-18,20-22H2,1-2H3,(H,36,37). The summed E-state index contributed by atoms with van der Waals surface area (Å²) in [5.74, 6) is 1.64.